The van der Waals surface area contributed by atoms with E-state index in [9.17, 15) is 18.4 Å². The standard InChI is InChI=1S/C25H15Cl5F2N2O2/c1-2-11-7-20(19(32)10-18(11)31)34-23(35)16-9-15(3-4-17(16)28)33-24(36)22-21(25(22,29)30)12-5-13(26)8-14(27)6-12/h2-10,21-22H,1H2,(H,33,36)(H,34,35)/t21-,22+/m0/s1. The van der Waals surface area contributed by atoms with E-state index in [-0.39, 0.29) is 27.5 Å². The highest BCUT2D eigenvalue weighted by molar-refractivity contribution is 6.53. The van der Waals surface area contributed by atoms with E-state index in [4.69, 9.17) is 58.0 Å². The van der Waals surface area contributed by atoms with Crippen molar-refractivity contribution in [3.63, 3.8) is 0 Å². The number of carbonyl (C=O) groups excluding carboxylic acids is 2. The molecule has 4 nitrogen and oxygen atoms in total. The van der Waals surface area contributed by atoms with E-state index in [2.05, 4.69) is 17.2 Å². The second-order valence-electron chi connectivity index (χ2n) is 8.03. The van der Waals surface area contributed by atoms with Gasteiger partial charge in [0, 0.05) is 33.3 Å². The van der Waals surface area contributed by atoms with Gasteiger partial charge in [0.2, 0.25) is 5.91 Å². The smallest absolute Gasteiger partial charge is 0.257 e. The molecule has 0 spiro atoms. The lowest BCUT2D eigenvalue weighted by Crippen LogP contribution is -2.18. The third-order valence-electron chi connectivity index (χ3n) is 5.61. The van der Waals surface area contributed by atoms with Crippen molar-refractivity contribution < 1.29 is 18.4 Å². The summed E-state index contributed by atoms with van der Waals surface area (Å²) in [6, 6.07) is 10.7. The minimum atomic E-state index is -1.40. The first-order valence-electron chi connectivity index (χ1n) is 10.3. The molecule has 2 amide bonds. The molecule has 2 atom stereocenters. The van der Waals surface area contributed by atoms with E-state index in [0.717, 1.165) is 6.07 Å². The van der Waals surface area contributed by atoms with Gasteiger partial charge in [-0.05, 0) is 48.0 Å². The van der Waals surface area contributed by atoms with Gasteiger partial charge in [-0.15, -0.1) is 23.2 Å². The van der Waals surface area contributed by atoms with Gasteiger partial charge in [0.25, 0.3) is 5.91 Å². The van der Waals surface area contributed by atoms with Crippen LogP contribution in [0.5, 0.6) is 0 Å². The molecule has 0 aromatic heterocycles. The largest absolute Gasteiger partial charge is 0.326 e. The van der Waals surface area contributed by atoms with Crippen molar-refractivity contribution in [1.29, 1.82) is 0 Å². The van der Waals surface area contributed by atoms with Crippen molar-refractivity contribution in [2.24, 2.45) is 5.92 Å². The molecule has 1 aliphatic carbocycles. The second kappa shape index (κ2) is 10.2. The van der Waals surface area contributed by atoms with Gasteiger partial charge in [0.15, 0.2) is 0 Å². The molecule has 11 heteroatoms. The summed E-state index contributed by atoms with van der Waals surface area (Å²) in [4.78, 5) is 25.8. The first-order valence-corrected chi connectivity index (χ1v) is 12.2. The number of hydrogen-bond acceptors (Lipinski definition) is 2. The molecule has 0 radical (unpaired) electrons. The Morgan fingerprint density at radius 2 is 1.58 bits per heavy atom. The molecule has 0 unspecified atom stereocenters. The lowest BCUT2D eigenvalue weighted by Gasteiger charge is -2.11. The molecule has 2 N–H and O–H groups in total. The van der Waals surface area contributed by atoms with Crippen LogP contribution in [0.2, 0.25) is 15.1 Å². The van der Waals surface area contributed by atoms with E-state index < -0.39 is 39.6 Å². The van der Waals surface area contributed by atoms with Crippen LogP contribution in [-0.4, -0.2) is 16.1 Å². The fourth-order valence-corrected chi connectivity index (χ4v) is 5.40. The SMILES string of the molecule is C=Cc1cc(NC(=O)c2cc(NC(=O)[C@H]3[C@H](c4cc(Cl)cc(Cl)c4)C3(Cl)Cl)ccc2Cl)c(F)cc1F. The predicted octanol–water partition coefficient (Wildman–Crippen LogP) is 8.35. The van der Waals surface area contributed by atoms with Gasteiger partial charge in [-0.1, -0.05) is 47.5 Å². The lowest BCUT2D eigenvalue weighted by atomic mass is 10.1. The van der Waals surface area contributed by atoms with Gasteiger partial charge in [-0.2, -0.15) is 0 Å². The monoisotopic (exact) mass is 588 g/mol. The molecule has 36 heavy (non-hydrogen) atoms. The molecule has 0 heterocycles. The maximum absolute atomic E-state index is 14.2. The fraction of sp³-hybridized carbons (Fsp3) is 0.120. The normalized spacial score (nSPS) is 17.9. The summed E-state index contributed by atoms with van der Waals surface area (Å²) in [6.45, 7) is 3.45. The maximum atomic E-state index is 14.2. The summed E-state index contributed by atoms with van der Waals surface area (Å²) in [6.07, 6.45) is 1.18. The van der Waals surface area contributed by atoms with Crippen LogP contribution in [0.1, 0.15) is 27.4 Å². The summed E-state index contributed by atoms with van der Waals surface area (Å²) in [7, 11) is 0. The average molecular weight is 591 g/mol. The van der Waals surface area contributed by atoms with Crippen LogP contribution < -0.4 is 10.6 Å². The first-order chi connectivity index (χ1) is 16.9. The third kappa shape index (κ3) is 5.34. The van der Waals surface area contributed by atoms with Gasteiger partial charge in [0.05, 0.1) is 22.2 Å². The number of anilines is 2. The number of benzene rings is 3. The topological polar surface area (TPSA) is 58.2 Å². The average Bonchev–Trinajstić information content (AvgIpc) is 3.38. The molecule has 4 rings (SSSR count). The van der Waals surface area contributed by atoms with Crippen LogP contribution in [-0.2, 0) is 4.79 Å². The minimum Gasteiger partial charge on any atom is -0.326 e. The van der Waals surface area contributed by atoms with Crippen molar-refractivity contribution in [2.45, 2.75) is 10.3 Å². The Morgan fingerprint density at radius 1 is 0.917 bits per heavy atom. The van der Waals surface area contributed by atoms with E-state index in [1.807, 2.05) is 0 Å². The van der Waals surface area contributed by atoms with E-state index >= 15 is 0 Å². The molecule has 1 saturated carbocycles. The first kappa shape index (κ1) is 26.7. The Kier molecular flexibility index (Phi) is 7.56. The fourth-order valence-electron chi connectivity index (χ4n) is 3.83. The van der Waals surface area contributed by atoms with Crippen molar-refractivity contribution >= 4 is 87.3 Å². The molecular weight excluding hydrogens is 576 g/mol. The van der Waals surface area contributed by atoms with Crippen molar-refractivity contribution in [2.75, 3.05) is 10.6 Å². The van der Waals surface area contributed by atoms with Gasteiger partial charge in [-0.3, -0.25) is 9.59 Å². The quantitative estimate of drug-likeness (QED) is 0.284. The molecule has 1 aliphatic rings. The Bertz CT molecular complexity index is 1390. The Labute approximate surface area is 230 Å². The number of nitrogens with one attached hydrogen (secondary N) is 2. The summed E-state index contributed by atoms with van der Waals surface area (Å²) < 4.78 is 26.5. The van der Waals surface area contributed by atoms with Gasteiger partial charge >= 0.3 is 0 Å². The second-order valence-corrected chi connectivity index (χ2v) is 10.8. The van der Waals surface area contributed by atoms with Crippen LogP contribution in [0, 0.1) is 17.6 Å². The molecule has 0 bridgehead atoms. The third-order valence-corrected chi connectivity index (χ3v) is 7.32. The Balaban J connectivity index is 1.53. The summed E-state index contributed by atoms with van der Waals surface area (Å²) in [5, 5.41) is 5.80. The summed E-state index contributed by atoms with van der Waals surface area (Å²) in [5.74, 6) is -4.47. The van der Waals surface area contributed by atoms with Gasteiger partial charge in [0.1, 0.15) is 16.0 Å². The number of alkyl halides is 2. The predicted molar refractivity (Wildman–Crippen MR) is 142 cm³/mol. The van der Waals surface area contributed by atoms with Crippen molar-refractivity contribution in [1.82, 2.24) is 0 Å². The number of carbonyl (C=O) groups is 2. The Hall–Kier alpha value is -2.35. The molecular formula is C25H15Cl5F2N2O2. The number of halogens is 7. The summed E-state index contributed by atoms with van der Waals surface area (Å²) in [5.41, 5.74) is 0.505. The Morgan fingerprint density at radius 3 is 2.22 bits per heavy atom. The molecule has 1 fully saturated rings. The van der Waals surface area contributed by atoms with E-state index in [1.54, 1.807) is 18.2 Å². The maximum Gasteiger partial charge on any atom is 0.257 e. The molecule has 3 aromatic carbocycles. The zero-order chi connectivity index (χ0) is 26.4. The van der Waals surface area contributed by atoms with Crippen LogP contribution in [0.15, 0.2) is 55.1 Å². The van der Waals surface area contributed by atoms with Crippen LogP contribution >= 0.6 is 58.0 Å². The van der Waals surface area contributed by atoms with E-state index in [1.165, 1.54) is 24.3 Å². The highest BCUT2D eigenvalue weighted by atomic mass is 35.5. The highest BCUT2D eigenvalue weighted by Crippen LogP contribution is 2.65. The van der Waals surface area contributed by atoms with Crippen LogP contribution in [0.3, 0.4) is 0 Å². The highest BCUT2D eigenvalue weighted by Gasteiger charge is 2.67. The molecule has 3 aromatic rings. The van der Waals surface area contributed by atoms with Crippen molar-refractivity contribution in [3.05, 3.63) is 98.5 Å². The molecule has 186 valence electrons. The van der Waals surface area contributed by atoms with Crippen LogP contribution in [0.4, 0.5) is 20.2 Å². The number of rotatable bonds is 6. The summed E-state index contributed by atoms with van der Waals surface area (Å²) >= 11 is 31.0. The molecule has 0 aliphatic heterocycles. The zero-order valence-electron chi connectivity index (χ0n) is 18.0. The number of amides is 2. The van der Waals surface area contributed by atoms with Crippen molar-refractivity contribution in [3.8, 4) is 0 Å². The van der Waals surface area contributed by atoms with Gasteiger partial charge in [-0.25, -0.2) is 8.78 Å². The number of hydrogen-bond donors (Lipinski definition) is 2. The zero-order valence-corrected chi connectivity index (χ0v) is 21.8. The van der Waals surface area contributed by atoms with Crippen LogP contribution in [0.25, 0.3) is 6.08 Å². The van der Waals surface area contributed by atoms with Gasteiger partial charge < -0.3 is 10.6 Å². The van der Waals surface area contributed by atoms with E-state index in [0.29, 0.717) is 21.7 Å². The lowest BCUT2D eigenvalue weighted by molar-refractivity contribution is -0.117. The minimum absolute atomic E-state index is 0.00409. The molecule has 0 saturated heterocycles.